The largest absolute Gasteiger partial charge is 0.444 e. The molecule has 292 valence electrons. The van der Waals surface area contributed by atoms with Crippen LogP contribution in [-0.4, -0.2) is 74.1 Å². The van der Waals surface area contributed by atoms with Gasteiger partial charge in [0.2, 0.25) is 0 Å². The minimum Gasteiger partial charge on any atom is -0.444 e. The highest BCUT2D eigenvalue weighted by molar-refractivity contribution is 5.91. The highest BCUT2D eigenvalue weighted by Gasteiger charge is 2.35. The number of benzene rings is 2. The number of carbonyl (C=O) groups is 3. The third-order valence-electron chi connectivity index (χ3n) is 10.6. The zero-order valence-electron chi connectivity index (χ0n) is 31.8. The smallest absolute Gasteiger partial charge is 0.410 e. The van der Waals surface area contributed by atoms with Gasteiger partial charge in [-0.05, 0) is 94.0 Å². The quantitative estimate of drug-likeness (QED) is 0.180. The molecule has 0 aliphatic carbocycles. The van der Waals surface area contributed by atoms with Gasteiger partial charge in [0.1, 0.15) is 28.9 Å². The third kappa shape index (κ3) is 7.34. The highest BCUT2D eigenvalue weighted by Crippen LogP contribution is 2.38. The van der Waals surface area contributed by atoms with E-state index in [1.165, 1.54) is 33.6 Å². The van der Waals surface area contributed by atoms with Gasteiger partial charge in [0.05, 0.1) is 29.8 Å². The van der Waals surface area contributed by atoms with Crippen molar-refractivity contribution in [1.29, 1.82) is 0 Å². The fourth-order valence-electron chi connectivity index (χ4n) is 7.91. The molecular formula is C39H48F2N10O4. The molecule has 14 nitrogen and oxygen atoms in total. The fraction of sp³-hybridized carbons (Fsp3) is 0.462. The van der Waals surface area contributed by atoms with E-state index >= 15 is 0 Å². The topological polar surface area (TPSA) is 187 Å². The second-order valence-corrected chi connectivity index (χ2v) is 15.6. The van der Waals surface area contributed by atoms with Crippen molar-refractivity contribution in [3.8, 4) is 0 Å². The van der Waals surface area contributed by atoms with E-state index in [1.54, 1.807) is 4.90 Å². The van der Waals surface area contributed by atoms with Crippen LogP contribution in [-0.2, 0) is 30.7 Å². The summed E-state index contributed by atoms with van der Waals surface area (Å²) in [5.41, 5.74) is 19.5. The van der Waals surface area contributed by atoms with Crippen LogP contribution in [0.5, 0.6) is 0 Å². The summed E-state index contributed by atoms with van der Waals surface area (Å²) in [4.78, 5) is 40.5. The number of amides is 1. The van der Waals surface area contributed by atoms with E-state index in [4.69, 9.17) is 16.2 Å². The Balaban J connectivity index is 0.000000174. The highest BCUT2D eigenvalue weighted by atomic mass is 19.1. The number of nitrogen functional groups attached to an aromatic ring is 2. The summed E-state index contributed by atoms with van der Waals surface area (Å²) in [7, 11) is 0. The first kappa shape index (κ1) is 37.8. The first-order valence-electron chi connectivity index (χ1n) is 18.7. The minimum atomic E-state index is -0.598. The fourth-order valence-corrected chi connectivity index (χ4v) is 7.91. The van der Waals surface area contributed by atoms with Gasteiger partial charge in [0.15, 0.2) is 0 Å². The van der Waals surface area contributed by atoms with Crippen LogP contribution >= 0.6 is 0 Å². The van der Waals surface area contributed by atoms with Gasteiger partial charge in [0, 0.05) is 68.1 Å². The number of nitrogens with one attached hydrogen (secondary N) is 3. The van der Waals surface area contributed by atoms with Crippen LogP contribution in [0.15, 0.2) is 24.3 Å². The lowest BCUT2D eigenvalue weighted by atomic mass is 9.88. The number of halogens is 2. The number of aryl methyl sites for hydroxylation is 2. The summed E-state index contributed by atoms with van der Waals surface area (Å²) in [5.74, 6) is -1.54. The maximum Gasteiger partial charge on any atom is 0.410 e. The summed E-state index contributed by atoms with van der Waals surface area (Å²) in [6, 6.07) is 5.77. The van der Waals surface area contributed by atoms with E-state index < -0.39 is 23.5 Å². The van der Waals surface area contributed by atoms with Crippen LogP contribution in [0, 0.1) is 25.5 Å². The van der Waals surface area contributed by atoms with E-state index in [2.05, 4.69) is 26.1 Å². The zero-order chi connectivity index (χ0) is 39.3. The van der Waals surface area contributed by atoms with Gasteiger partial charge in [-0.2, -0.15) is 19.6 Å². The second kappa shape index (κ2) is 14.6. The van der Waals surface area contributed by atoms with Gasteiger partial charge in [-0.1, -0.05) is 0 Å². The Morgan fingerprint density at radius 1 is 0.782 bits per heavy atom. The number of carbonyl (C=O) groups excluding carboxylic acids is 3. The molecule has 0 bridgehead atoms. The molecular weight excluding hydrogens is 710 g/mol. The molecule has 0 saturated carbocycles. The maximum absolute atomic E-state index is 14.1. The number of hydrogen-bond acceptors (Lipinski definition) is 11. The number of aromatic nitrogens is 4. The van der Waals surface area contributed by atoms with Crippen molar-refractivity contribution in [1.82, 2.24) is 29.8 Å². The Kier molecular flexibility index (Phi) is 10.0. The molecule has 8 rings (SSSR count). The third-order valence-corrected chi connectivity index (χ3v) is 10.6. The van der Waals surface area contributed by atoms with E-state index in [9.17, 15) is 23.2 Å². The number of rotatable bonds is 2. The van der Waals surface area contributed by atoms with E-state index in [0.717, 1.165) is 46.7 Å². The molecule has 1 amide bonds. The molecule has 2 aromatic carbocycles. The van der Waals surface area contributed by atoms with Gasteiger partial charge >= 0.3 is 6.09 Å². The van der Waals surface area contributed by atoms with E-state index in [-0.39, 0.29) is 35.8 Å². The predicted molar refractivity (Wildman–Crippen MR) is 204 cm³/mol. The van der Waals surface area contributed by atoms with Crippen LogP contribution in [0.25, 0.3) is 0 Å². The molecule has 0 unspecified atom stereocenters. The predicted octanol–water partition coefficient (Wildman–Crippen LogP) is 5.24. The summed E-state index contributed by atoms with van der Waals surface area (Å²) in [6.45, 7) is 12.5. The van der Waals surface area contributed by atoms with Crippen LogP contribution in [0.1, 0.15) is 99.8 Å². The van der Waals surface area contributed by atoms with E-state index in [0.29, 0.717) is 73.6 Å². The summed E-state index contributed by atoms with van der Waals surface area (Å²) >= 11 is 0. The number of hydrogen-bond donors (Lipinski definition) is 5. The van der Waals surface area contributed by atoms with Crippen LogP contribution in [0.4, 0.5) is 36.6 Å². The molecule has 0 radical (unpaired) electrons. The summed E-state index contributed by atoms with van der Waals surface area (Å²) in [6.07, 6.45) is 1.93. The summed E-state index contributed by atoms with van der Waals surface area (Å²) in [5, 5.41) is 18.7. The molecule has 2 atom stereocenters. The molecule has 2 aromatic heterocycles. The lowest BCUT2D eigenvalue weighted by Gasteiger charge is -2.29. The van der Waals surface area contributed by atoms with Gasteiger partial charge < -0.3 is 37.1 Å². The molecule has 4 aliphatic rings. The molecule has 7 N–H and O–H groups in total. The van der Waals surface area contributed by atoms with Crippen molar-refractivity contribution < 1.29 is 27.9 Å². The Labute approximate surface area is 317 Å². The van der Waals surface area contributed by atoms with Crippen molar-refractivity contribution in [3.05, 3.63) is 80.7 Å². The monoisotopic (exact) mass is 758 g/mol. The molecule has 6 heterocycles. The number of ether oxygens (including phenoxy) is 1. The first-order valence-corrected chi connectivity index (χ1v) is 18.7. The number of fused-ring (bicyclic) bond motifs is 4. The SMILES string of the molecule is Cc1cc(F)cc2c1NCC[C@@H]2C(=O)n1nc2c(c1N)CN(C(=O)OC(C)(C)C)CC2.Cc1cc(F)cc2c1NCC[C@@H]2C(=O)n1nc2c(c1N)CNCC2. The average Bonchev–Trinajstić information content (AvgIpc) is 3.65. The molecule has 4 aliphatic heterocycles. The van der Waals surface area contributed by atoms with Gasteiger partial charge in [-0.3, -0.25) is 9.59 Å². The van der Waals surface area contributed by atoms with Crippen molar-refractivity contribution in [2.45, 2.75) is 90.8 Å². The van der Waals surface area contributed by atoms with Crippen molar-refractivity contribution >= 4 is 40.9 Å². The maximum atomic E-state index is 14.1. The lowest BCUT2D eigenvalue weighted by Crippen LogP contribution is -2.39. The summed E-state index contributed by atoms with van der Waals surface area (Å²) < 4.78 is 35.9. The lowest BCUT2D eigenvalue weighted by molar-refractivity contribution is 0.0223. The Bertz CT molecular complexity index is 2190. The molecule has 55 heavy (non-hydrogen) atoms. The molecule has 0 spiro atoms. The van der Waals surface area contributed by atoms with Crippen LogP contribution in [0.3, 0.4) is 0 Å². The second-order valence-electron chi connectivity index (χ2n) is 15.6. The van der Waals surface area contributed by atoms with Crippen molar-refractivity contribution in [3.63, 3.8) is 0 Å². The number of anilines is 4. The first-order chi connectivity index (χ1) is 26.1. The zero-order valence-corrected chi connectivity index (χ0v) is 31.8. The number of nitrogens with zero attached hydrogens (tertiary/aromatic N) is 5. The molecule has 16 heteroatoms. The molecule has 0 fully saturated rings. The van der Waals surface area contributed by atoms with Gasteiger partial charge in [0.25, 0.3) is 11.8 Å². The van der Waals surface area contributed by atoms with Crippen LogP contribution in [0.2, 0.25) is 0 Å². The average molecular weight is 759 g/mol. The Morgan fingerprint density at radius 3 is 1.80 bits per heavy atom. The van der Waals surface area contributed by atoms with Crippen molar-refractivity contribution in [2.75, 3.05) is 48.3 Å². The Hall–Kier alpha value is -5.51. The van der Waals surface area contributed by atoms with Gasteiger partial charge in [-0.25, -0.2) is 13.6 Å². The molecule has 4 aromatic rings. The standard InChI is InChI=1S/C22H28FN5O3.C17H20FN5O/c1-12-9-13(23)10-15-14(5-7-25-18(12)15)20(29)28-19(24)16-11-27(8-6-17(16)26-28)21(30)31-22(2,3)4;1-9-6-10(18)7-12-11(2-5-21-15(9)12)17(24)23-16(19)13-8-20-4-3-14(13)22-23/h9-10,14,25H,5-8,11,24H2,1-4H3;6-7,11,20-21H,2-5,8,19H2,1H3/t14-;11-/m00/s1. The normalized spacial score (nSPS) is 18.6. The molecule has 0 saturated heterocycles. The van der Waals surface area contributed by atoms with Crippen LogP contribution < -0.4 is 27.4 Å². The number of nitrogens with two attached hydrogens (primary N) is 2. The van der Waals surface area contributed by atoms with Crippen molar-refractivity contribution in [2.24, 2.45) is 0 Å². The van der Waals surface area contributed by atoms with E-state index in [1.807, 2.05) is 34.6 Å². The Morgan fingerprint density at radius 2 is 1.29 bits per heavy atom. The van der Waals surface area contributed by atoms with Gasteiger partial charge in [-0.15, -0.1) is 0 Å². The minimum absolute atomic E-state index is 0.186.